The molecule has 6 heteroatoms. The predicted molar refractivity (Wildman–Crippen MR) is 108 cm³/mol. The van der Waals surface area contributed by atoms with Gasteiger partial charge in [0.25, 0.3) is 0 Å². The molecule has 1 aliphatic rings. The van der Waals surface area contributed by atoms with Gasteiger partial charge in [0, 0.05) is 16.5 Å². The summed E-state index contributed by atoms with van der Waals surface area (Å²) in [5.74, 6) is 0.757. The third kappa shape index (κ3) is 3.90. The highest BCUT2D eigenvalue weighted by atomic mass is 15.2. The quantitative estimate of drug-likeness (QED) is 0.576. The molecule has 0 atom stereocenters. The molecule has 1 saturated heterocycles. The molecule has 5 rings (SSSR count). The second kappa shape index (κ2) is 8.14. The minimum absolute atomic E-state index is 0.757. The van der Waals surface area contributed by atoms with Gasteiger partial charge < -0.3 is 4.90 Å². The number of hydrogen-bond acceptors (Lipinski definition) is 4. The van der Waals surface area contributed by atoms with E-state index in [1.807, 2.05) is 30.3 Å². The minimum Gasteiger partial charge on any atom is -0.304 e. The smallest absolute Gasteiger partial charge is 0.155 e. The van der Waals surface area contributed by atoms with Crippen molar-refractivity contribution in [3.63, 3.8) is 0 Å². The zero-order chi connectivity index (χ0) is 18.5. The van der Waals surface area contributed by atoms with Crippen LogP contribution in [0, 0.1) is 0 Å². The Morgan fingerprint density at radius 3 is 2.44 bits per heavy atom. The van der Waals surface area contributed by atoms with Crippen molar-refractivity contribution >= 4 is 10.9 Å². The van der Waals surface area contributed by atoms with Crippen molar-refractivity contribution < 1.29 is 0 Å². The van der Waals surface area contributed by atoms with Gasteiger partial charge in [-0.2, -0.15) is 10.2 Å². The van der Waals surface area contributed by atoms with Crippen molar-refractivity contribution in [1.82, 2.24) is 30.3 Å². The highest BCUT2D eigenvalue weighted by Crippen LogP contribution is 2.29. The lowest BCUT2D eigenvalue weighted by molar-refractivity contribution is 0.359. The molecule has 0 spiro atoms. The Morgan fingerprint density at radius 1 is 0.963 bits per heavy atom. The van der Waals surface area contributed by atoms with Crippen molar-refractivity contribution in [1.29, 1.82) is 0 Å². The molecule has 2 aromatic heterocycles. The number of benzene rings is 2. The second-order valence-corrected chi connectivity index (χ2v) is 6.67. The molecule has 0 radical (unpaired) electrons. The van der Waals surface area contributed by atoms with Gasteiger partial charge in [-0.1, -0.05) is 37.3 Å². The molecule has 0 amide bonds. The Kier molecular flexibility index (Phi) is 5.25. The van der Waals surface area contributed by atoms with E-state index in [1.54, 1.807) is 0 Å². The second-order valence-electron chi connectivity index (χ2n) is 6.67. The van der Waals surface area contributed by atoms with Gasteiger partial charge in [-0.3, -0.25) is 10.2 Å². The van der Waals surface area contributed by atoms with E-state index in [2.05, 4.69) is 55.4 Å². The van der Waals surface area contributed by atoms with Gasteiger partial charge in [-0.05, 0) is 50.7 Å². The minimum atomic E-state index is 0.757. The first-order valence-corrected chi connectivity index (χ1v) is 9.47. The van der Waals surface area contributed by atoms with E-state index in [1.165, 1.54) is 38.8 Å². The van der Waals surface area contributed by atoms with E-state index < -0.39 is 0 Å². The number of nitrogens with one attached hydrogen (secondary N) is 2. The highest BCUT2D eigenvalue weighted by Gasteiger charge is 2.10. The van der Waals surface area contributed by atoms with Crippen LogP contribution in [0.4, 0.5) is 0 Å². The Morgan fingerprint density at radius 2 is 1.78 bits per heavy atom. The van der Waals surface area contributed by atoms with Gasteiger partial charge in [0.05, 0.1) is 11.2 Å². The third-order valence-electron chi connectivity index (χ3n) is 4.94. The molecule has 0 unspecified atom stereocenters. The van der Waals surface area contributed by atoms with Crippen LogP contribution in [0.3, 0.4) is 0 Å². The predicted octanol–water partition coefficient (Wildman–Crippen LogP) is 4.12. The average molecular weight is 360 g/mol. The van der Waals surface area contributed by atoms with Crippen molar-refractivity contribution in [2.45, 2.75) is 19.8 Å². The SMILES string of the molecule is CCN1CCCC1.c1ccc(-c2n[nH]c3ccc(-c4ncn[nH]4)cc23)cc1. The largest absolute Gasteiger partial charge is 0.304 e. The lowest BCUT2D eigenvalue weighted by Crippen LogP contribution is -2.17. The van der Waals surface area contributed by atoms with E-state index in [-0.39, 0.29) is 0 Å². The monoisotopic (exact) mass is 360 g/mol. The molecule has 0 aliphatic carbocycles. The number of aromatic amines is 2. The first-order chi connectivity index (χ1) is 13.3. The van der Waals surface area contributed by atoms with Crippen LogP contribution in [-0.2, 0) is 0 Å². The van der Waals surface area contributed by atoms with Crippen LogP contribution < -0.4 is 0 Å². The molecule has 0 saturated carbocycles. The third-order valence-corrected chi connectivity index (χ3v) is 4.94. The molecule has 2 aromatic carbocycles. The molecular weight excluding hydrogens is 336 g/mol. The normalized spacial score (nSPS) is 14.3. The fourth-order valence-electron chi connectivity index (χ4n) is 3.42. The zero-order valence-corrected chi connectivity index (χ0v) is 15.5. The molecule has 1 aliphatic heterocycles. The van der Waals surface area contributed by atoms with Gasteiger partial charge in [-0.15, -0.1) is 0 Å². The van der Waals surface area contributed by atoms with Crippen LogP contribution in [0.5, 0.6) is 0 Å². The molecule has 0 bridgehead atoms. The van der Waals surface area contributed by atoms with Crippen LogP contribution in [-0.4, -0.2) is 49.9 Å². The molecule has 3 heterocycles. The summed E-state index contributed by atoms with van der Waals surface area (Å²) in [6.45, 7) is 6.16. The van der Waals surface area contributed by atoms with Crippen LogP contribution in [0.15, 0.2) is 54.9 Å². The average Bonchev–Trinajstić information content (AvgIpc) is 3.50. The zero-order valence-electron chi connectivity index (χ0n) is 15.5. The van der Waals surface area contributed by atoms with Crippen molar-refractivity contribution in [2.75, 3.05) is 19.6 Å². The number of rotatable bonds is 3. The van der Waals surface area contributed by atoms with E-state index >= 15 is 0 Å². The van der Waals surface area contributed by atoms with Crippen LogP contribution in [0.1, 0.15) is 19.8 Å². The molecule has 27 heavy (non-hydrogen) atoms. The fourth-order valence-corrected chi connectivity index (χ4v) is 3.42. The number of nitrogens with zero attached hydrogens (tertiary/aromatic N) is 4. The number of likely N-dealkylation sites (tertiary alicyclic amines) is 1. The lowest BCUT2D eigenvalue weighted by atomic mass is 10.1. The van der Waals surface area contributed by atoms with Crippen LogP contribution in [0.2, 0.25) is 0 Å². The summed E-state index contributed by atoms with van der Waals surface area (Å²) in [5.41, 5.74) is 4.04. The lowest BCUT2D eigenvalue weighted by Gasteiger charge is -2.08. The maximum Gasteiger partial charge on any atom is 0.155 e. The molecule has 138 valence electrons. The maximum absolute atomic E-state index is 4.42. The molecule has 6 nitrogen and oxygen atoms in total. The number of aromatic nitrogens is 5. The number of hydrogen-bond donors (Lipinski definition) is 2. The first-order valence-electron chi connectivity index (χ1n) is 9.47. The van der Waals surface area contributed by atoms with Gasteiger partial charge in [0.1, 0.15) is 6.33 Å². The summed E-state index contributed by atoms with van der Waals surface area (Å²) in [6, 6.07) is 16.2. The van der Waals surface area contributed by atoms with Crippen LogP contribution >= 0.6 is 0 Å². The van der Waals surface area contributed by atoms with Crippen molar-refractivity contribution in [3.8, 4) is 22.6 Å². The maximum atomic E-state index is 4.42. The van der Waals surface area contributed by atoms with Gasteiger partial charge in [0.2, 0.25) is 0 Å². The Balaban J connectivity index is 0.000000218. The highest BCUT2D eigenvalue weighted by molar-refractivity contribution is 5.95. The summed E-state index contributed by atoms with van der Waals surface area (Å²) in [4.78, 5) is 6.67. The first kappa shape index (κ1) is 17.4. The van der Waals surface area contributed by atoms with Gasteiger partial charge in [0.15, 0.2) is 5.82 Å². The van der Waals surface area contributed by atoms with E-state index in [0.717, 1.165) is 33.5 Å². The number of fused-ring (bicyclic) bond motifs is 1. The summed E-state index contributed by atoms with van der Waals surface area (Å²) < 4.78 is 0. The topological polar surface area (TPSA) is 73.5 Å². The molecule has 4 aromatic rings. The van der Waals surface area contributed by atoms with E-state index in [9.17, 15) is 0 Å². The summed E-state index contributed by atoms with van der Waals surface area (Å²) >= 11 is 0. The Labute approximate surface area is 158 Å². The molecule has 2 N–H and O–H groups in total. The molecule has 1 fully saturated rings. The molecular formula is C21H24N6. The van der Waals surface area contributed by atoms with Gasteiger partial charge in [-0.25, -0.2) is 4.98 Å². The standard InChI is InChI=1S/C15H11N5.C6H13N/c1-2-4-10(5-3-1)14-12-8-11(15-16-9-17-20-15)6-7-13(12)18-19-14;1-2-7-5-3-4-6-7/h1-9H,(H,18,19)(H,16,17,20);2-6H2,1H3. The van der Waals surface area contributed by atoms with E-state index in [4.69, 9.17) is 0 Å². The fraction of sp³-hybridized carbons (Fsp3) is 0.286. The summed E-state index contributed by atoms with van der Waals surface area (Å²) in [5, 5.41) is 15.3. The summed E-state index contributed by atoms with van der Waals surface area (Å²) in [6.07, 6.45) is 4.36. The number of H-pyrrole nitrogens is 2. The Hall–Kier alpha value is -2.99. The van der Waals surface area contributed by atoms with Crippen molar-refractivity contribution in [3.05, 3.63) is 54.9 Å². The Bertz CT molecular complexity index is 969. The van der Waals surface area contributed by atoms with E-state index in [0.29, 0.717) is 0 Å². The van der Waals surface area contributed by atoms with Crippen LogP contribution in [0.25, 0.3) is 33.5 Å². The summed E-state index contributed by atoms with van der Waals surface area (Å²) in [7, 11) is 0. The van der Waals surface area contributed by atoms with Gasteiger partial charge >= 0.3 is 0 Å². The van der Waals surface area contributed by atoms with Crippen molar-refractivity contribution in [2.24, 2.45) is 0 Å².